The van der Waals surface area contributed by atoms with Crippen molar-refractivity contribution >= 4 is 30.3 Å². The van der Waals surface area contributed by atoms with Crippen LogP contribution in [-0.2, 0) is 14.3 Å². The summed E-state index contributed by atoms with van der Waals surface area (Å²) in [6, 6.07) is -0.356. The molecule has 2 aliphatic heterocycles. The third-order valence-electron chi connectivity index (χ3n) is 6.56. The van der Waals surface area contributed by atoms with E-state index in [2.05, 4.69) is 10.6 Å². The van der Waals surface area contributed by atoms with Gasteiger partial charge in [0.25, 0.3) is 5.91 Å². The number of hydrogen-bond acceptors (Lipinski definition) is 5. The number of nitrogens with zero attached hydrogens (tertiary/aromatic N) is 2. The number of halogens is 1. The molecule has 8 nitrogen and oxygen atoms in total. The average molecular weight is 417 g/mol. The van der Waals surface area contributed by atoms with E-state index in [1.165, 1.54) is 0 Å². The largest absolute Gasteiger partial charge is 0.384 e. The molecule has 1 aliphatic carbocycles. The number of amides is 4. The fourth-order valence-corrected chi connectivity index (χ4v) is 4.79. The lowest BCUT2D eigenvalue weighted by Crippen LogP contribution is -2.50. The third kappa shape index (κ3) is 4.28. The Morgan fingerprint density at radius 3 is 2.39 bits per heavy atom. The molecule has 160 valence electrons. The molecule has 2 N–H and O–H groups in total. The highest BCUT2D eigenvalue weighted by atomic mass is 35.5. The number of piperidine rings is 1. The monoisotopic (exact) mass is 416 g/mol. The maximum Gasteiger partial charge on any atom is 0.327 e. The number of nitrogens with one attached hydrogen (secondary N) is 2. The van der Waals surface area contributed by atoms with Crippen LogP contribution in [0.1, 0.15) is 44.9 Å². The second-order valence-electron chi connectivity index (χ2n) is 8.28. The molecule has 4 amide bonds. The molecule has 28 heavy (non-hydrogen) atoms. The molecule has 3 rings (SSSR count). The first-order chi connectivity index (χ1) is 12.9. The summed E-state index contributed by atoms with van der Waals surface area (Å²) in [5.74, 6) is -0.495. The maximum atomic E-state index is 13.0. The number of urea groups is 1. The maximum absolute atomic E-state index is 13.0. The van der Waals surface area contributed by atoms with Gasteiger partial charge in [0.15, 0.2) is 0 Å². The van der Waals surface area contributed by atoms with Crippen molar-refractivity contribution in [3.63, 3.8) is 0 Å². The summed E-state index contributed by atoms with van der Waals surface area (Å²) in [6.07, 6.45) is 6.21. The summed E-state index contributed by atoms with van der Waals surface area (Å²) in [6.45, 7) is 2.68. The molecule has 3 fully saturated rings. The SMILES string of the molecule is COCC1(CNC(=O)CN2C(=O)N(C)C3(CCCCC3)C2=O)CCNCC1.Cl. The van der Waals surface area contributed by atoms with Crippen LogP contribution in [0.4, 0.5) is 4.79 Å². The van der Waals surface area contributed by atoms with E-state index in [9.17, 15) is 14.4 Å². The van der Waals surface area contributed by atoms with Crippen LogP contribution in [0, 0.1) is 5.41 Å². The van der Waals surface area contributed by atoms with E-state index in [0.29, 0.717) is 26.0 Å². The molecule has 2 saturated heterocycles. The number of rotatable bonds is 6. The summed E-state index contributed by atoms with van der Waals surface area (Å²) < 4.78 is 5.37. The van der Waals surface area contributed by atoms with Gasteiger partial charge >= 0.3 is 6.03 Å². The van der Waals surface area contributed by atoms with Crippen molar-refractivity contribution < 1.29 is 19.1 Å². The fraction of sp³-hybridized carbons (Fsp3) is 0.842. The lowest BCUT2D eigenvalue weighted by molar-refractivity contribution is -0.137. The number of hydrogen-bond donors (Lipinski definition) is 2. The predicted molar refractivity (Wildman–Crippen MR) is 107 cm³/mol. The van der Waals surface area contributed by atoms with Crippen LogP contribution in [0.2, 0.25) is 0 Å². The highest BCUT2D eigenvalue weighted by molar-refractivity contribution is 6.08. The highest BCUT2D eigenvalue weighted by Gasteiger charge is 2.55. The normalized spacial score (nSPS) is 23.6. The van der Waals surface area contributed by atoms with E-state index in [1.54, 1.807) is 19.1 Å². The fourth-order valence-electron chi connectivity index (χ4n) is 4.79. The average Bonchev–Trinajstić information content (AvgIpc) is 2.84. The van der Waals surface area contributed by atoms with Crippen LogP contribution in [0.3, 0.4) is 0 Å². The molecule has 0 atom stereocenters. The van der Waals surface area contributed by atoms with Crippen LogP contribution in [0.25, 0.3) is 0 Å². The van der Waals surface area contributed by atoms with E-state index in [-0.39, 0.29) is 42.2 Å². The zero-order chi connectivity index (χ0) is 19.5. The Bertz CT molecular complexity index is 583. The highest BCUT2D eigenvalue weighted by Crippen LogP contribution is 2.39. The van der Waals surface area contributed by atoms with Crippen molar-refractivity contribution in [2.45, 2.75) is 50.5 Å². The van der Waals surface area contributed by atoms with Gasteiger partial charge in [-0.1, -0.05) is 19.3 Å². The van der Waals surface area contributed by atoms with Gasteiger partial charge in [-0.2, -0.15) is 0 Å². The molecule has 1 spiro atoms. The van der Waals surface area contributed by atoms with Crippen molar-refractivity contribution in [3.05, 3.63) is 0 Å². The molecule has 3 aliphatic rings. The van der Waals surface area contributed by atoms with E-state index >= 15 is 0 Å². The molecule has 0 bridgehead atoms. The van der Waals surface area contributed by atoms with Gasteiger partial charge in [-0.3, -0.25) is 14.5 Å². The Balaban J connectivity index is 0.00000280. The van der Waals surface area contributed by atoms with E-state index < -0.39 is 5.54 Å². The number of carbonyl (C=O) groups excluding carboxylic acids is 3. The molecule has 0 aromatic rings. The Labute approximate surface area is 173 Å². The van der Waals surface area contributed by atoms with Crippen LogP contribution in [0.15, 0.2) is 0 Å². The second-order valence-corrected chi connectivity index (χ2v) is 8.28. The van der Waals surface area contributed by atoms with E-state index in [4.69, 9.17) is 4.74 Å². The predicted octanol–water partition coefficient (Wildman–Crippen LogP) is 1.14. The van der Waals surface area contributed by atoms with Gasteiger partial charge < -0.3 is 20.3 Å². The molecule has 0 unspecified atom stereocenters. The topological polar surface area (TPSA) is 91.0 Å². The molecule has 1 saturated carbocycles. The first kappa shape index (κ1) is 22.9. The lowest BCUT2D eigenvalue weighted by atomic mass is 9.79. The quantitative estimate of drug-likeness (QED) is 0.633. The Kier molecular flexibility index (Phi) is 7.70. The van der Waals surface area contributed by atoms with Gasteiger partial charge in [0, 0.05) is 26.1 Å². The number of imide groups is 1. The summed E-state index contributed by atoms with van der Waals surface area (Å²) in [7, 11) is 3.36. The van der Waals surface area contributed by atoms with Gasteiger partial charge in [-0.25, -0.2) is 4.79 Å². The minimum atomic E-state index is -0.734. The minimum absolute atomic E-state index is 0. The zero-order valence-electron chi connectivity index (χ0n) is 16.9. The van der Waals surface area contributed by atoms with Crippen LogP contribution >= 0.6 is 12.4 Å². The lowest BCUT2D eigenvalue weighted by Gasteiger charge is -2.37. The second kappa shape index (κ2) is 9.41. The smallest absolute Gasteiger partial charge is 0.327 e. The molecule has 9 heteroatoms. The van der Waals surface area contributed by atoms with Gasteiger partial charge in [0.05, 0.1) is 6.61 Å². The molecular formula is C19H33ClN4O4. The minimum Gasteiger partial charge on any atom is -0.384 e. The summed E-state index contributed by atoms with van der Waals surface area (Å²) in [5.41, 5.74) is -0.821. The first-order valence-electron chi connectivity index (χ1n) is 10.0. The Morgan fingerprint density at radius 1 is 1.14 bits per heavy atom. The van der Waals surface area contributed by atoms with E-state index in [0.717, 1.165) is 50.1 Å². The van der Waals surface area contributed by atoms with Crippen molar-refractivity contribution in [3.8, 4) is 0 Å². The van der Waals surface area contributed by atoms with Crippen molar-refractivity contribution in [2.24, 2.45) is 5.41 Å². The summed E-state index contributed by atoms with van der Waals surface area (Å²) in [5, 5.41) is 6.26. The Morgan fingerprint density at radius 2 is 1.79 bits per heavy atom. The van der Waals surface area contributed by atoms with Crippen molar-refractivity contribution in [1.29, 1.82) is 0 Å². The molecule has 2 heterocycles. The standard InChI is InChI=1S/C19H32N4O4.ClH/c1-22-17(26)23(16(25)19(22)6-4-3-5-7-19)12-15(24)21-13-18(14-27-2)8-10-20-11-9-18;/h20H,3-14H2,1-2H3,(H,21,24);1H. The molecular weight excluding hydrogens is 384 g/mol. The van der Waals surface area contributed by atoms with Gasteiger partial charge in [-0.05, 0) is 38.8 Å². The number of methoxy groups -OCH3 is 1. The van der Waals surface area contributed by atoms with E-state index in [1.807, 2.05) is 0 Å². The van der Waals surface area contributed by atoms with Gasteiger partial charge in [0.2, 0.25) is 5.91 Å². The molecule has 0 aromatic heterocycles. The molecule has 0 radical (unpaired) electrons. The van der Waals surface area contributed by atoms with Gasteiger partial charge in [0.1, 0.15) is 12.1 Å². The Hall–Kier alpha value is -1.38. The summed E-state index contributed by atoms with van der Waals surface area (Å²) in [4.78, 5) is 40.8. The van der Waals surface area contributed by atoms with Crippen LogP contribution < -0.4 is 10.6 Å². The zero-order valence-corrected chi connectivity index (χ0v) is 17.7. The van der Waals surface area contributed by atoms with Crippen LogP contribution in [0.5, 0.6) is 0 Å². The number of likely N-dealkylation sites (N-methyl/N-ethyl adjacent to an activating group) is 1. The third-order valence-corrected chi connectivity index (χ3v) is 6.56. The number of ether oxygens (including phenoxy) is 1. The van der Waals surface area contributed by atoms with Crippen LogP contribution in [-0.4, -0.2) is 80.1 Å². The van der Waals surface area contributed by atoms with Crippen molar-refractivity contribution in [2.75, 3.05) is 46.9 Å². The molecule has 0 aromatic carbocycles. The van der Waals surface area contributed by atoms with Crippen molar-refractivity contribution in [1.82, 2.24) is 20.4 Å². The summed E-state index contributed by atoms with van der Waals surface area (Å²) >= 11 is 0. The number of carbonyl (C=O) groups is 3. The van der Waals surface area contributed by atoms with Gasteiger partial charge in [-0.15, -0.1) is 12.4 Å². The first-order valence-corrected chi connectivity index (χ1v) is 10.0.